The monoisotopic (exact) mass is 419 g/mol. The number of halogens is 1. The van der Waals surface area contributed by atoms with E-state index >= 15 is 0 Å². The van der Waals surface area contributed by atoms with Gasteiger partial charge in [0.25, 0.3) is 5.91 Å². The first-order valence-corrected chi connectivity index (χ1v) is 9.88. The van der Waals surface area contributed by atoms with Crippen LogP contribution in [-0.4, -0.2) is 35.4 Å². The number of thioether (sulfide) groups is 1. The third-order valence-corrected chi connectivity index (χ3v) is 5.52. The molecule has 1 aliphatic rings. The number of thiocarbonyl (C=S) groups is 1. The predicted octanol–water partition coefficient (Wildman–Crippen LogP) is 4.77. The summed E-state index contributed by atoms with van der Waals surface area (Å²) >= 11 is 12.5. The van der Waals surface area contributed by atoms with Crippen molar-refractivity contribution in [1.82, 2.24) is 4.90 Å². The van der Waals surface area contributed by atoms with Gasteiger partial charge in [-0.05, 0) is 41.5 Å². The van der Waals surface area contributed by atoms with Crippen molar-refractivity contribution >= 4 is 51.9 Å². The van der Waals surface area contributed by atoms with Gasteiger partial charge >= 0.3 is 0 Å². The molecule has 1 aliphatic heterocycles. The van der Waals surface area contributed by atoms with Gasteiger partial charge in [0.15, 0.2) is 0 Å². The van der Waals surface area contributed by atoms with Gasteiger partial charge in [-0.25, -0.2) is 0 Å². The van der Waals surface area contributed by atoms with E-state index in [2.05, 4.69) is 0 Å². The highest BCUT2D eigenvalue weighted by Gasteiger charge is 2.31. The number of methoxy groups -OCH3 is 1. The van der Waals surface area contributed by atoms with E-state index < -0.39 is 0 Å². The fourth-order valence-corrected chi connectivity index (χ4v) is 3.87. The van der Waals surface area contributed by atoms with Gasteiger partial charge < -0.3 is 9.47 Å². The second-order valence-corrected chi connectivity index (χ2v) is 7.92. The summed E-state index contributed by atoms with van der Waals surface area (Å²) < 4.78 is 11.4. The number of hydrogen-bond acceptors (Lipinski definition) is 5. The number of hydrogen-bond donors (Lipinski definition) is 0. The van der Waals surface area contributed by atoms with Crippen LogP contribution < -0.4 is 4.74 Å². The Labute approximate surface area is 173 Å². The third kappa shape index (κ3) is 5.32. The van der Waals surface area contributed by atoms with Crippen LogP contribution in [0.5, 0.6) is 5.75 Å². The molecule has 0 atom stereocenters. The first kappa shape index (κ1) is 19.9. The third-order valence-electron chi connectivity index (χ3n) is 3.89. The Bertz CT molecular complexity index is 851. The van der Waals surface area contributed by atoms with E-state index in [9.17, 15) is 4.79 Å². The van der Waals surface area contributed by atoms with Crippen molar-refractivity contribution in [2.24, 2.45) is 0 Å². The van der Waals surface area contributed by atoms with E-state index in [1.165, 1.54) is 11.8 Å². The maximum absolute atomic E-state index is 12.4. The molecule has 1 heterocycles. The van der Waals surface area contributed by atoms with Crippen LogP contribution in [0.15, 0.2) is 53.4 Å². The minimum Gasteiger partial charge on any atom is -0.489 e. The number of benzene rings is 2. The number of rotatable bonds is 7. The quantitative estimate of drug-likeness (QED) is 0.477. The second kappa shape index (κ2) is 9.37. The largest absolute Gasteiger partial charge is 0.489 e. The fraction of sp³-hybridized carbons (Fsp3) is 0.200. The van der Waals surface area contributed by atoms with Crippen molar-refractivity contribution < 1.29 is 14.3 Å². The Kier molecular flexibility index (Phi) is 6.90. The van der Waals surface area contributed by atoms with Crippen LogP contribution in [0.25, 0.3) is 6.08 Å². The van der Waals surface area contributed by atoms with Gasteiger partial charge in [0.05, 0.1) is 18.1 Å². The van der Waals surface area contributed by atoms with E-state index in [0.717, 1.165) is 16.9 Å². The van der Waals surface area contributed by atoms with Crippen molar-refractivity contribution in [1.29, 1.82) is 0 Å². The highest BCUT2D eigenvalue weighted by Crippen LogP contribution is 2.32. The zero-order valence-electron chi connectivity index (χ0n) is 14.7. The minimum absolute atomic E-state index is 0.0786. The van der Waals surface area contributed by atoms with Crippen LogP contribution in [0.4, 0.5) is 0 Å². The summed E-state index contributed by atoms with van der Waals surface area (Å²) in [7, 11) is 1.60. The Hall–Kier alpha value is -1.86. The number of carbonyl (C=O) groups excluding carboxylic acids is 1. The average molecular weight is 420 g/mol. The Balaban J connectivity index is 1.61. The molecule has 1 saturated heterocycles. The minimum atomic E-state index is -0.0786. The van der Waals surface area contributed by atoms with Gasteiger partial charge in [0.2, 0.25) is 0 Å². The number of ether oxygens (including phenoxy) is 2. The normalized spacial score (nSPS) is 15.6. The zero-order valence-corrected chi connectivity index (χ0v) is 17.1. The Morgan fingerprint density at radius 1 is 1.15 bits per heavy atom. The Morgan fingerprint density at radius 3 is 2.52 bits per heavy atom. The van der Waals surface area contributed by atoms with Gasteiger partial charge in [-0.15, -0.1) is 0 Å². The second-order valence-electron chi connectivity index (χ2n) is 5.81. The molecule has 3 rings (SSSR count). The van der Waals surface area contributed by atoms with E-state index in [4.69, 9.17) is 33.3 Å². The summed E-state index contributed by atoms with van der Waals surface area (Å²) in [4.78, 5) is 14.6. The van der Waals surface area contributed by atoms with Crippen LogP contribution in [0, 0.1) is 0 Å². The van der Waals surface area contributed by atoms with E-state index in [1.807, 2.05) is 54.6 Å². The van der Waals surface area contributed by atoms with Gasteiger partial charge in [0.1, 0.15) is 16.7 Å². The first-order valence-electron chi connectivity index (χ1n) is 8.28. The van der Waals surface area contributed by atoms with Crippen molar-refractivity contribution in [3.05, 3.63) is 69.6 Å². The van der Waals surface area contributed by atoms with E-state index in [1.54, 1.807) is 12.0 Å². The summed E-state index contributed by atoms with van der Waals surface area (Å²) in [6, 6.07) is 15.1. The first-order chi connectivity index (χ1) is 13.1. The molecule has 0 bridgehead atoms. The van der Waals surface area contributed by atoms with Crippen LogP contribution in [0.1, 0.15) is 11.1 Å². The maximum Gasteiger partial charge on any atom is 0.266 e. The standard InChI is InChI=1S/C20H18ClNO3S2/c1-24-11-10-22-19(23)18(27-20(22)26)12-14-4-8-17(9-5-14)25-13-15-2-6-16(21)7-3-15/h2-9,12H,10-11,13H2,1H3. The predicted molar refractivity (Wildman–Crippen MR) is 114 cm³/mol. The number of nitrogens with zero attached hydrogens (tertiary/aromatic N) is 1. The van der Waals surface area contributed by atoms with Crippen LogP contribution >= 0.6 is 35.6 Å². The van der Waals surface area contributed by atoms with Crippen LogP contribution in [0.3, 0.4) is 0 Å². The van der Waals surface area contributed by atoms with Crippen molar-refractivity contribution in [3.8, 4) is 5.75 Å². The van der Waals surface area contributed by atoms with E-state index in [0.29, 0.717) is 34.0 Å². The molecule has 140 valence electrons. The molecule has 0 spiro atoms. The molecule has 4 nitrogen and oxygen atoms in total. The molecular weight excluding hydrogens is 402 g/mol. The lowest BCUT2D eigenvalue weighted by atomic mass is 10.2. The molecule has 0 aromatic heterocycles. The van der Waals surface area contributed by atoms with Gasteiger partial charge in [0, 0.05) is 12.1 Å². The molecule has 27 heavy (non-hydrogen) atoms. The average Bonchev–Trinajstić information content (AvgIpc) is 2.94. The Morgan fingerprint density at radius 2 is 1.85 bits per heavy atom. The molecular formula is C20H18ClNO3S2. The highest BCUT2D eigenvalue weighted by molar-refractivity contribution is 8.26. The zero-order chi connectivity index (χ0) is 19.2. The van der Waals surface area contributed by atoms with Gasteiger partial charge in [-0.2, -0.15) is 0 Å². The summed E-state index contributed by atoms with van der Waals surface area (Å²) in [5, 5.41) is 0.704. The van der Waals surface area contributed by atoms with Crippen LogP contribution in [0.2, 0.25) is 5.02 Å². The number of amides is 1. The molecule has 0 unspecified atom stereocenters. The van der Waals surface area contributed by atoms with Gasteiger partial charge in [-0.3, -0.25) is 9.69 Å². The topological polar surface area (TPSA) is 38.8 Å². The molecule has 0 N–H and O–H groups in total. The summed E-state index contributed by atoms with van der Waals surface area (Å²) in [5.74, 6) is 0.680. The molecule has 2 aromatic rings. The van der Waals surface area contributed by atoms with Gasteiger partial charge in [-0.1, -0.05) is 59.8 Å². The molecule has 1 amide bonds. The van der Waals surface area contributed by atoms with E-state index in [-0.39, 0.29) is 5.91 Å². The molecule has 2 aromatic carbocycles. The highest BCUT2D eigenvalue weighted by atomic mass is 35.5. The van der Waals surface area contributed by atoms with Crippen molar-refractivity contribution in [2.75, 3.05) is 20.3 Å². The fourth-order valence-electron chi connectivity index (χ4n) is 2.43. The molecule has 0 aliphatic carbocycles. The number of carbonyl (C=O) groups is 1. The lowest BCUT2D eigenvalue weighted by Crippen LogP contribution is -2.31. The van der Waals surface area contributed by atoms with Crippen molar-refractivity contribution in [3.63, 3.8) is 0 Å². The lowest BCUT2D eigenvalue weighted by Gasteiger charge is -2.12. The molecule has 0 saturated carbocycles. The summed E-state index contributed by atoms with van der Waals surface area (Å²) in [5.41, 5.74) is 1.96. The molecule has 7 heteroatoms. The summed E-state index contributed by atoms with van der Waals surface area (Å²) in [6.45, 7) is 1.39. The SMILES string of the molecule is COCCN1C(=O)C(=Cc2ccc(OCc3ccc(Cl)cc3)cc2)SC1=S. The van der Waals surface area contributed by atoms with Crippen molar-refractivity contribution in [2.45, 2.75) is 6.61 Å². The summed E-state index contributed by atoms with van der Waals surface area (Å²) in [6.07, 6.45) is 1.84. The molecule has 0 radical (unpaired) electrons. The molecule has 1 fully saturated rings. The van der Waals surface area contributed by atoms with Crippen LogP contribution in [-0.2, 0) is 16.1 Å². The smallest absolute Gasteiger partial charge is 0.266 e. The maximum atomic E-state index is 12.4. The lowest BCUT2D eigenvalue weighted by molar-refractivity contribution is -0.122.